The van der Waals surface area contributed by atoms with Gasteiger partial charge >= 0.3 is 0 Å². The van der Waals surface area contributed by atoms with Gasteiger partial charge in [0.05, 0.1) is 0 Å². The van der Waals surface area contributed by atoms with Gasteiger partial charge in [0, 0.05) is 4.47 Å². The van der Waals surface area contributed by atoms with Crippen molar-refractivity contribution in [3.63, 3.8) is 0 Å². The first-order valence-corrected chi connectivity index (χ1v) is 12.9. The SMILES string of the molecule is CCCCCCCCc1cc(CCCCCCCC)c(Br)c(-c2ccccc2)c1. The maximum atomic E-state index is 3.96. The first-order valence-electron chi connectivity index (χ1n) is 12.1. The van der Waals surface area contributed by atoms with Crippen LogP contribution in [0.4, 0.5) is 0 Å². The van der Waals surface area contributed by atoms with Crippen LogP contribution in [0.3, 0.4) is 0 Å². The summed E-state index contributed by atoms with van der Waals surface area (Å²) in [6.45, 7) is 4.58. The van der Waals surface area contributed by atoms with Crippen LogP contribution in [0, 0.1) is 0 Å². The molecule has 0 heterocycles. The molecule has 160 valence electrons. The standard InChI is InChI=1S/C28H41Br/c1-3-5-7-9-11-14-18-24-22-26(21-15-12-10-8-6-4-2)28(29)27(23-24)25-19-16-13-17-20-25/h13,16-17,19-20,22-23H,3-12,14-15,18,21H2,1-2H3. The fourth-order valence-corrected chi connectivity index (χ4v) is 4.77. The van der Waals surface area contributed by atoms with Gasteiger partial charge in [-0.2, -0.15) is 0 Å². The van der Waals surface area contributed by atoms with E-state index >= 15 is 0 Å². The van der Waals surface area contributed by atoms with Crippen molar-refractivity contribution in [3.05, 3.63) is 58.1 Å². The molecule has 0 aliphatic heterocycles. The summed E-state index contributed by atoms with van der Waals surface area (Å²) in [4.78, 5) is 0. The van der Waals surface area contributed by atoms with Crippen molar-refractivity contribution in [1.29, 1.82) is 0 Å². The zero-order chi connectivity index (χ0) is 20.7. The number of hydrogen-bond acceptors (Lipinski definition) is 0. The lowest BCUT2D eigenvalue weighted by molar-refractivity contribution is 0.604. The van der Waals surface area contributed by atoms with Crippen molar-refractivity contribution in [3.8, 4) is 11.1 Å². The minimum Gasteiger partial charge on any atom is -0.0654 e. The lowest BCUT2D eigenvalue weighted by atomic mass is 9.94. The molecule has 1 heteroatoms. The Balaban J connectivity index is 2.03. The Morgan fingerprint density at radius 2 is 1.17 bits per heavy atom. The second kappa shape index (κ2) is 14.8. The highest BCUT2D eigenvalue weighted by Crippen LogP contribution is 2.34. The largest absolute Gasteiger partial charge is 0.0654 e. The number of benzene rings is 2. The van der Waals surface area contributed by atoms with E-state index in [0.29, 0.717) is 0 Å². The van der Waals surface area contributed by atoms with Gasteiger partial charge in [-0.25, -0.2) is 0 Å². The topological polar surface area (TPSA) is 0 Å². The second-order valence-electron chi connectivity index (χ2n) is 8.52. The molecule has 2 rings (SSSR count). The summed E-state index contributed by atoms with van der Waals surface area (Å²) < 4.78 is 1.31. The molecule has 0 saturated heterocycles. The monoisotopic (exact) mass is 456 g/mol. The Hall–Kier alpha value is -1.08. The zero-order valence-corrected chi connectivity index (χ0v) is 20.4. The number of unbranched alkanes of at least 4 members (excludes halogenated alkanes) is 10. The quantitative estimate of drug-likeness (QED) is 0.233. The highest BCUT2D eigenvalue weighted by atomic mass is 79.9. The Morgan fingerprint density at radius 1 is 0.621 bits per heavy atom. The van der Waals surface area contributed by atoms with E-state index in [-0.39, 0.29) is 0 Å². The third-order valence-electron chi connectivity index (χ3n) is 5.91. The predicted molar refractivity (Wildman–Crippen MR) is 134 cm³/mol. The first-order chi connectivity index (χ1) is 14.3. The maximum absolute atomic E-state index is 3.96. The third kappa shape index (κ3) is 9.08. The van der Waals surface area contributed by atoms with Crippen molar-refractivity contribution in [2.45, 2.75) is 104 Å². The molecule has 0 fully saturated rings. The summed E-state index contributed by atoms with van der Waals surface area (Å²) in [6, 6.07) is 15.8. The van der Waals surface area contributed by atoms with Crippen molar-refractivity contribution < 1.29 is 0 Å². The van der Waals surface area contributed by atoms with E-state index in [4.69, 9.17) is 0 Å². The van der Waals surface area contributed by atoms with Gasteiger partial charge in [0.2, 0.25) is 0 Å². The molecule has 0 bridgehead atoms. The number of aryl methyl sites for hydroxylation is 2. The Bertz CT molecular complexity index is 674. The molecule has 0 aliphatic rings. The summed E-state index contributed by atoms with van der Waals surface area (Å²) in [6.07, 6.45) is 18.7. The van der Waals surface area contributed by atoms with E-state index in [1.807, 2.05) is 0 Å². The van der Waals surface area contributed by atoms with E-state index in [9.17, 15) is 0 Å². The minimum atomic E-state index is 1.19. The second-order valence-corrected chi connectivity index (χ2v) is 9.31. The van der Waals surface area contributed by atoms with Gasteiger partial charge in [0.25, 0.3) is 0 Å². The van der Waals surface area contributed by atoms with Gasteiger partial charge < -0.3 is 0 Å². The maximum Gasteiger partial charge on any atom is 0.0285 e. The van der Waals surface area contributed by atoms with Gasteiger partial charge in [-0.15, -0.1) is 0 Å². The predicted octanol–water partition coefficient (Wildman–Crippen LogP) is 9.92. The summed E-state index contributed by atoms with van der Waals surface area (Å²) >= 11 is 3.96. The minimum absolute atomic E-state index is 1.19. The molecule has 0 aromatic heterocycles. The molecule has 0 unspecified atom stereocenters. The van der Waals surface area contributed by atoms with Gasteiger partial charge in [0.1, 0.15) is 0 Å². The lowest BCUT2D eigenvalue weighted by Crippen LogP contribution is -1.96. The summed E-state index contributed by atoms with van der Waals surface area (Å²) in [7, 11) is 0. The summed E-state index contributed by atoms with van der Waals surface area (Å²) in [5, 5.41) is 0. The molecular weight excluding hydrogens is 416 g/mol. The highest BCUT2D eigenvalue weighted by Gasteiger charge is 2.11. The molecule has 29 heavy (non-hydrogen) atoms. The van der Waals surface area contributed by atoms with Gasteiger partial charge in [-0.3, -0.25) is 0 Å². The third-order valence-corrected chi connectivity index (χ3v) is 6.85. The lowest BCUT2D eigenvalue weighted by Gasteiger charge is -2.14. The molecule has 0 spiro atoms. The Kier molecular flexibility index (Phi) is 12.4. The molecule has 0 atom stereocenters. The van der Waals surface area contributed by atoms with Gasteiger partial charge in [-0.05, 0) is 63.9 Å². The summed E-state index contributed by atoms with van der Waals surface area (Å²) in [5.74, 6) is 0. The normalized spacial score (nSPS) is 11.1. The van der Waals surface area contributed by atoms with E-state index in [2.05, 4.69) is 72.2 Å². The van der Waals surface area contributed by atoms with Crippen LogP contribution in [0.5, 0.6) is 0 Å². The molecule has 2 aromatic rings. The highest BCUT2D eigenvalue weighted by molar-refractivity contribution is 9.10. The Morgan fingerprint density at radius 3 is 1.79 bits per heavy atom. The average molecular weight is 458 g/mol. The van der Waals surface area contributed by atoms with Crippen LogP contribution in [0.15, 0.2) is 46.9 Å². The summed E-state index contributed by atoms with van der Waals surface area (Å²) in [5.41, 5.74) is 5.72. The molecule has 0 nitrogen and oxygen atoms in total. The van der Waals surface area contributed by atoms with E-state index in [1.54, 1.807) is 0 Å². The van der Waals surface area contributed by atoms with Crippen LogP contribution >= 0.6 is 15.9 Å². The zero-order valence-electron chi connectivity index (χ0n) is 18.8. The molecule has 0 radical (unpaired) electrons. The van der Waals surface area contributed by atoms with Crippen molar-refractivity contribution in [2.75, 3.05) is 0 Å². The number of rotatable bonds is 15. The van der Waals surface area contributed by atoms with Crippen LogP contribution < -0.4 is 0 Å². The smallest absolute Gasteiger partial charge is 0.0285 e. The van der Waals surface area contributed by atoms with Crippen LogP contribution in [-0.4, -0.2) is 0 Å². The molecule has 0 aliphatic carbocycles. The van der Waals surface area contributed by atoms with E-state index in [0.717, 1.165) is 0 Å². The van der Waals surface area contributed by atoms with Crippen molar-refractivity contribution in [2.24, 2.45) is 0 Å². The van der Waals surface area contributed by atoms with E-state index < -0.39 is 0 Å². The molecule has 2 aromatic carbocycles. The molecule has 0 amide bonds. The number of hydrogen-bond donors (Lipinski definition) is 0. The van der Waals surface area contributed by atoms with Crippen LogP contribution in [0.2, 0.25) is 0 Å². The fraction of sp³-hybridized carbons (Fsp3) is 0.571. The fourth-order valence-electron chi connectivity index (χ4n) is 4.11. The van der Waals surface area contributed by atoms with E-state index in [1.165, 1.54) is 117 Å². The van der Waals surface area contributed by atoms with Gasteiger partial charge in [-0.1, -0.05) is 121 Å². The molecular formula is C28H41Br. The molecule has 0 N–H and O–H groups in total. The number of halogens is 1. The van der Waals surface area contributed by atoms with Crippen molar-refractivity contribution >= 4 is 15.9 Å². The van der Waals surface area contributed by atoms with Crippen LogP contribution in [0.1, 0.15) is 102 Å². The Labute approximate surface area is 188 Å². The van der Waals surface area contributed by atoms with Crippen LogP contribution in [0.25, 0.3) is 11.1 Å². The molecule has 0 saturated carbocycles. The van der Waals surface area contributed by atoms with Crippen molar-refractivity contribution in [1.82, 2.24) is 0 Å². The van der Waals surface area contributed by atoms with Crippen LogP contribution in [-0.2, 0) is 12.8 Å². The first kappa shape index (κ1) is 24.2. The van der Waals surface area contributed by atoms with Gasteiger partial charge in [0.15, 0.2) is 0 Å². The average Bonchev–Trinajstić information content (AvgIpc) is 2.75.